The summed E-state index contributed by atoms with van der Waals surface area (Å²) in [6.45, 7) is 0. The van der Waals surface area contributed by atoms with Gasteiger partial charge in [-0.05, 0) is 48.5 Å². The maximum atomic E-state index is 14.1. The molecule has 0 fully saturated rings. The van der Waals surface area contributed by atoms with Gasteiger partial charge in [-0.25, -0.2) is 0 Å². The van der Waals surface area contributed by atoms with E-state index in [2.05, 4.69) is 0 Å². The molecule has 0 N–H and O–H groups in total. The molecule has 0 unspecified atom stereocenters. The monoisotopic (exact) mass is 434 g/mol. The van der Waals surface area contributed by atoms with Crippen molar-refractivity contribution < 1.29 is 18.5 Å². The first-order chi connectivity index (χ1) is 14.6. The van der Waals surface area contributed by atoms with E-state index in [1.165, 1.54) is 0 Å². The quantitative estimate of drug-likeness (QED) is 0.238. The van der Waals surface area contributed by atoms with Crippen LogP contribution in [0.2, 0.25) is 0 Å². The highest BCUT2D eigenvalue weighted by Crippen LogP contribution is 2.53. The van der Waals surface area contributed by atoms with Crippen LogP contribution < -0.4 is 21.2 Å². The molecule has 150 valence electrons. The normalized spacial score (nSPS) is 11.9. The summed E-state index contributed by atoms with van der Waals surface area (Å²) in [5, 5.41) is 1.85. The zero-order valence-electron chi connectivity index (χ0n) is 16.1. The van der Waals surface area contributed by atoms with E-state index in [-0.39, 0.29) is 0 Å². The van der Waals surface area contributed by atoms with Crippen molar-refractivity contribution >= 4 is 36.0 Å². The van der Waals surface area contributed by atoms with Crippen LogP contribution in [0.25, 0.3) is 0 Å². The molecule has 0 aromatic heterocycles. The summed E-state index contributed by atoms with van der Waals surface area (Å²) < 4.78 is 39.5. The fraction of sp³-hybridized carbons (Fsp3) is 0. The molecule has 0 radical (unpaired) electrons. The van der Waals surface area contributed by atoms with Crippen molar-refractivity contribution in [3.63, 3.8) is 0 Å². The van der Waals surface area contributed by atoms with Gasteiger partial charge in [0.25, 0.3) is 14.7 Å². The highest BCUT2D eigenvalue weighted by Gasteiger charge is 2.37. The van der Waals surface area contributed by atoms with Crippen molar-refractivity contribution in [3.8, 4) is 0 Å². The second-order valence-electron chi connectivity index (χ2n) is 6.59. The first kappa shape index (κ1) is 20.5. The van der Waals surface area contributed by atoms with Crippen molar-refractivity contribution in [1.82, 2.24) is 0 Å². The molecule has 0 amide bonds. The molecule has 0 bridgehead atoms. The minimum absolute atomic E-state index is 0.462. The Bertz CT molecular complexity index is 997. The lowest BCUT2D eigenvalue weighted by Gasteiger charge is -2.23. The summed E-state index contributed by atoms with van der Waals surface area (Å²) in [5.41, 5.74) is 0. The van der Waals surface area contributed by atoms with E-state index in [0.717, 1.165) is 0 Å². The summed E-state index contributed by atoms with van der Waals surface area (Å²) in [7, 11) is -7.31. The Hall–Kier alpha value is -2.74. The van der Waals surface area contributed by atoms with Crippen LogP contribution in [0.5, 0.6) is 0 Å². The van der Waals surface area contributed by atoms with E-state index in [4.69, 9.17) is 9.35 Å². The third-order valence-corrected chi connectivity index (χ3v) is 9.23. The van der Waals surface area contributed by atoms with Crippen LogP contribution >= 0.6 is 14.7 Å². The van der Waals surface area contributed by atoms with E-state index < -0.39 is 14.7 Å². The summed E-state index contributed by atoms with van der Waals surface area (Å²) in [6, 6.07) is 35.3. The van der Waals surface area contributed by atoms with Gasteiger partial charge in [0.2, 0.25) is 0 Å². The lowest BCUT2D eigenvalue weighted by atomic mass is 10.4. The molecule has 4 nitrogen and oxygen atoms in total. The Balaban J connectivity index is 1.78. The minimum Gasteiger partial charge on any atom is -0.280 e. The van der Waals surface area contributed by atoms with Crippen molar-refractivity contribution in [3.05, 3.63) is 121 Å². The van der Waals surface area contributed by atoms with Crippen molar-refractivity contribution in [2.75, 3.05) is 0 Å². The molecule has 0 aliphatic carbocycles. The van der Waals surface area contributed by atoms with E-state index >= 15 is 0 Å². The van der Waals surface area contributed by atoms with Gasteiger partial charge in [-0.3, -0.25) is 9.13 Å². The lowest BCUT2D eigenvalue weighted by molar-refractivity contribution is -0.0864. The first-order valence-corrected chi connectivity index (χ1v) is 12.7. The minimum atomic E-state index is -3.66. The largest absolute Gasteiger partial charge is 0.291 e. The van der Waals surface area contributed by atoms with Gasteiger partial charge in [0.1, 0.15) is 0 Å². The van der Waals surface area contributed by atoms with Gasteiger partial charge >= 0.3 is 0 Å². The maximum Gasteiger partial charge on any atom is 0.291 e. The van der Waals surface area contributed by atoms with Crippen LogP contribution in [0.3, 0.4) is 0 Å². The van der Waals surface area contributed by atoms with Gasteiger partial charge in [0, 0.05) is 21.2 Å². The number of hydrogen-bond acceptors (Lipinski definition) is 4. The lowest BCUT2D eigenvalue weighted by Crippen LogP contribution is -2.22. The summed E-state index contributed by atoms with van der Waals surface area (Å²) in [6.07, 6.45) is 0. The fourth-order valence-corrected chi connectivity index (χ4v) is 7.01. The Morgan fingerprint density at radius 2 is 0.567 bits per heavy atom. The van der Waals surface area contributed by atoms with E-state index in [9.17, 15) is 9.13 Å². The summed E-state index contributed by atoms with van der Waals surface area (Å²) >= 11 is 0. The van der Waals surface area contributed by atoms with E-state index in [1.807, 2.05) is 24.3 Å². The molecular weight excluding hydrogens is 414 g/mol. The molecular formula is C24H20O4P2. The van der Waals surface area contributed by atoms with Gasteiger partial charge in [-0.1, -0.05) is 72.8 Å². The van der Waals surface area contributed by atoms with Crippen LogP contribution in [-0.2, 0) is 18.5 Å². The zero-order chi connectivity index (χ0) is 20.9. The molecule has 30 heavy (non-hydrogen) atoms. The molecule has 0 atom stereocenters. The fourth-order valence-electron chi connectivity index (χ4n) is 3.06. The van der Waals surface area contributed by atoms with Gasteiger partial charge < -0.3 is 0 Å². The Morgan fingerprint density at radius 3 is 0.767 bits per heavy atom. The van der Waals surface area contributed by atoms with Crippen molar-refractivity contribution in [1.29, 1.82) is 0 Å². The first-order valence-electron chi connectivity index (χ1n) is 9.43. The molecule has 0 heterocycles. The molecule has 0 aliphatic rings. The molecule has 6 heteroatoms. The van der Waals surface area contributed by atoms with Crippen LogP contribution in [0.4, 0.5) is 0 Å². The Morgan fingerprint density at radius 1 is 0.367 bits per heavy atom. The maximum absolute atomic E-state index is 14.1. The third-order valence-electron chi connectivity index (χ3n) is 4.63. The molecule has 0 saturated heterocycles. The van der Waals surface area contributed by atoms with Crippen LogP contribution in [0, 0.1) is 0 Å². The van der Waals surface area contributed by atoms with E-state index in [0.29, 0.717) is 21.2 Å². The zero-order valence-corrected chi connectivity index (χ0v) is 17.9. The molecule has 0 saturated carbocycles. The number of hydrogen-bond donors (Lipinski definition) is 0. The average molecular weight is 434 g/mol. The van der Waals surface area contributed by atoms with Gasteiger partial charge in [-0.2, -0.15) is 9.35 Å². The smallest absolute Gasteiger partial charge is 0.280 e. The van der Waals surface area contributed by atoms with Crippen LogP contribution in [-0.4, -0.2) is 0 Å². The standard InChI is InChI=1S/C24H20O4P2/c25-29(21-13-5-1-6-14-21,22-15-7-2-8-16-22)27-28-30(26,23-17-9-3-10-18-23)24-19-11-4-12-20-24/h1-20H. The van der Waals surface area contributed by atoms with Crippen LogP contribution in [0.15, 0.2) is 121 Å². The van der Waals surface area contributed by atoms with Gasteiger partial charge in [0.05, 0.1) is 0 Å². The van der Waals surface area contributed by atoms with Crippen LogP contribution in [0.1, 0.15) is 0 Å². The van der Waals surface area contributed by atoms with Gasteiger partial charge in [0.15, 0.2) is 0 Å². The second kappa shape index (κ2) is 8.95. The van der Waals surface area contributed by atoms with E-state index in [1.54, 1.807) is 97.1 Å². The molecule has 0 aliphatic heterocycles. The highest BCUT2D eigenvalue weighted by molar-refractivity contribution is 7.76. The second-order valence-corrected chi connectivity index (χ2v) is 11.2. The summed E-state index contributed by atoms with van der Waals surface area (Å²) in [5.74, 6) is 0. The Labute approximate surface area is 176 Å². The van der Waals surface area contributed by atoms with Crippen molar-refractivity contribution in [2.24, 2.45) is 0 Å². The number of rotatable bonds is 7. The SMILES string of the molecule is O=P(OOP(=O)(c1ccccc1)c1ccccc1)(c1ccccc1)c1ccccc1. The Kier molecular flexibility index (Phi) is 6.13. The average Bonchev–Trinajstić information content (AvgIpc) is 2.84. The molecule has 4 rings (SSSR count). The van der Waals surface area contributed by atoms with Gasteiger partial charge in [-0.15, -0.1) is 0 Å². The van der Waals surface area contributed by atoms with Crippen molar-refractivity contribution in [2.45, 2.75) is 0 Å². The molecule has 4 aromatic carbocycles. The summed E-state index contributed by atoms with van der Waals surface area (Å²) in [4.78, 5) is 0. The molecule has 4 aromatic rings. The molecule has 0 spiro atoms. The predicted molar refractivity (Wildman–Crippen MR) is 122 cm³/mol. The third kappa shape index (κ3) is 4.09. The highest BCUT2D eigenvalue weighted by atomic mass is 31.2. The topological polar surface area (TPSA) is 52.6 Å². The number of benzene rings is 4. The predicted octanol–water partition coefficient (Wildman–Crippen LogP) is 4.79.